The molecule has 31 heavy (non-hydrogen) atoms. The largest absolute Gasteiger partial charge is 0.305 e. The molecule has 0 aliphatic carbocycles. The van der Waals surface area contributed by atoms with Gasteiger partial charge in [0.05, 0.1) is 0 Å². The fourth-order valence-electron chi connectivity index (χ4n) is 4.15. The van der Waals surface area contributed by atoms with Gasteiger partial charge in [0.25, 0.3) is 0 Å². The Morgan fingerprint density at radius 2 is 0.903 bits per heavy atom. The van der Waals surface area contributed by atoms with Crippen LogP contribution >= 0.6 is 7.26 Å². The molecule has 1 nitrogen and oxygen atoms in total. The number of hydrogen-bond acceptors (Lipinski definition) is 1. The van der Waals surface area contributed by atoms with Gasteiger partial charge in [-0.05, 0) is 48.9 Å². The van der Waals surface area contributed by atoms with Gasteiger partial charge in [-0.15, -0.1) is 0 Å². The second kappa shape index (κ2) is 9.25. The van der Waals surface area contributed by atoms with E-state index < -0.39 is 7.26 Å². The van der Waals surface area contributed by atoms with Crippen molar-refractivity contribution in [3.05, 3.63) is 139 Å². The summed E-state index contributed by atoms with van der Waals surface area (Å²) in [5.74, 6) is 0. The van der Waals surface area contributed by atoms with E-state index in [1.807, 2.05) is 55.5 Å². The molecule has 4 aromatic carbocycles. The molecule has 0 spiro atoms. The van der Waals surface area contributed by atoms with Crippen molar-refractivity contribution in [1.29, 1.82) is 5.41 Å². The lowest BCUT2D eigenvalue weighted by atomic mass is 10.0. The quantitative estimate of drug-likeness (QED) is 0.287. The third-order valence-corrected chi connectivity index (χ3v) is 9.65. The first-order valence-corrected chi connectivity index (χ1v) is 12.1. The Bertz CT molecular complexity index is 1080. The van der Waals surface area contributed by atoms with Gasteiger partial charge in [-0.25, -0.2) is 0 Å². The topological polar surface area (TPSA) is 23.9 Å². The van der Waals surface area contributed by atoms with E-state index in [1.165, 1.54) is 15.9 Å². The van der Waals surface area contributed by atoms with E-state index in [0.29, 0.717) is 5.71 Å². The summed E-state index contributed by atoms with van der Waals surface area (Å²) in [5.41, 5.74) is 2.25. The minimum atomic E-state index is -2.40. The van der Waals surface area contributed by atoms with E-state index in [9.17, 15) is 0 Å². The summed E-state index contributed by atoms with van der Waals surface area (Å²) in [6, 6.07) is 41.6. The molecule has 0 atom stereocenters. The smallest absolute Gasteiger partial charge is 0.141 e. The van der Waals surface area contributed by atoms with Crippen LogP contribution in [-0.4, -0.2) is 5.71 Å². The normalized spacial score (nSPS) is 12.2. The van der Waals surface area contributed by atoms with Crippen LogP contribution in [0.2, 0.25) is 0 Å². The van der Waals surface area contributed by atoms with E-state index in [2.05, 4.69) is 72.8 Å². The monoisotopic (exact) mass is 418 g/mol. The molecule has 1 N–H and O–H groups in total. The average molecular weight is 419 g/mol. The van der Waals surface area contributed by atoms with Crippen LogP contribution in [0.4, 0.5) is 0 Å². The zero-order valence-electron chi connectivity index (χ0n) is 17.6. The molecule has 0 saturated heterocycles. The van der Waals surface area contributed by atoms with E-state index in [0.717, 1.165) is 16.5 Å². The fourth-order valence-corrected chi connectivity index (χ4v) is 8.37. The van der Waals surface area contributed by atoms with Gasteiger partial charge in [0, 0.05) is 18.2 Å². The second-order valence-electron chi connectivity index (χ2n) is 7.43. The Balaban J connectivity index is 2.18. The highest BCUT2D eigenvalue weighted by atomic mass is 31.2. The van der Waals surface area contributed by atoms with E-state index in [1.54, 1.807) is 0 Å². The van der Waals surface area contributed by atoms with E-state index >= 15 is 0 Å². The summed E-state index contributed by atoms with van der Waals surface area (Å²) >= 11 is 0. The van der Waals surface area contributed by atoms with Crippen molar-refractivity contribution in [3.8, 4) is 0 Å². The molecule has 0 heterocycles. The molecule has 0 bridgehead atoms. The second-order valence-corrected chi connectivity index (χ2v) is 10.8. The Hall–Kier alpha value is -3.28. The maximum Gasteiger partial charge on any atom is 0.141 e. The van der Waals surface area contributed by atoms with Crippen LogP contribution in [0, 0.1) is 12.3 Å². The third-order valence-electron chi connectivity index (χ3n) is 5.49. The van der Waals surface area contributed by atoms with Crippen molar-refractivity contribution in [2.24, 2.45) is 0 Å². The van der Waals surface area contributed by atoms with Crippen molar-refractivity contribution >= 4 is 34.5 Å². The highest BCUT2D eigenvalue weighted by Crippen LogP contribution is 2.63. The molecule has 0 amide bonds. The minimum Gasteiger partial charge on any atom is -0.305 e. The first kappa shape index (κ1) is 21.0. The van der Waals surface area contributed by atoms with Crippen LogP contribution in [0.25, 0.3) is 5.57 Å². The zero-order valence-corrected chi connectivity index (χ0v) is 18.5. The maximum atomic E-state index is 8.67. The Kier molecular flexibility index (Phi) is 6.26. The van der Waals surface area contributed by atoms with E-state index in [-0.39, 0.29) is 0 Å². The molecule has 4 rings (SSSR count). The van der Waals surface area contributed by atoms with Crippen LogP contribution < -0.4 is 15.9 Å². The Labute approximate surface area is 186 Å². The van der Waals surface area contributed by atoms with Crippen LogP contribution in [0.3, 0.4) is 0 Å². The molecule has 0 unspecified atom stereocenters. The molecule has 2 radical (unpaired) electrons. The lowest BCUT2D eigenvalue weighted by Gasteiger charge is -2.29. The number of hydrogen-bond donors (Lipinski definition) is 1. The highest BCUT2D eigenvalue weighted by Gasteiger charge is 2.49. The SMILES string of the molecule is [CH]/C(=C(/C(C)=N)c1ccccc1)[P+](c1ccccc1)(c1ccccc1)c1ccccc1. The standard InChI is InChI=1S/C29H25NP/c1-23(30)29(25-15-7-3-8-16-25)24(2)31(26-17-9-4-10-18-26,27-19-11-5-12-20-27)28-21-13-6-14-22-28/h2-22,30H,1H3/q+1/b29-24+,30-23?. The van der Waals surface area contributed by atoms with Crippen LogP contribution in [0.1, 0.15) is 12.5 Å². The van der Waals surface area contributed by atoms with Gasteiger partial charge >= 0.3 is 0 Å². The van der Waals surface area contributed by atoms with Gasteiger partial charge in [-0.1, -0.05) is 84.9 Å². The molecule has 150 valence electrons. The maximum absolute atomic E-state index is 8.67. The van der Waals surface area contributed by atoms with Crippen molar-refractivity contribution in [2.45, 2.75) is 6.92 Å². The third kappa shape index (κ3) is 3.90. The van der Waals surface area contributed by atoms with Crippen LogP contribution in [0.15, 0.2) is 127 Å². The lowest BCUT2D eigenvalue weighted by molar-refractivity contribution is 1.48. The summed E-state index contributed by atoms with van der Waals surface area (Å²) in [6.07, 6.45) is 0. The van der Waals surface area contributed by atoms with Crippen molar-refractivity contribution < 1.29 is 0 Å². The number of benzene rings is 4. The molecule has 4 aromatic rings. The minimum absolute atomic E-state index is 0.468. The van der Waals surface area contributed by atoms with Crippen LogP contribution in [0.5, 0.6) is 0 Å². The van der Waals surface area contributed by atoms with Crippen molar-refractivity contribution in [3.63, 3.8) is 0 Å². The summed E-state index contributed by atoms with van der Waals surface area (Å²) < 4.78 is 0. The summed E-state index contributed by atoms with van der Waals surface area (Å²) in [4.78, 5) is 0. The molecule has 0 saturated carbocycles. The molecular weight excluding hydrogens is 393 g/mol. The number of nitrogens with one attached hydrogen (secondary N) is 1. The van der Waals surface area contributed by atoms with Gasteiger partial charge in [0.2, 0.25) is 0 Å². The number of allylic oxidation sites excluding steroid dienone is 2. The van der Waals surface area contributed by atoms with Gasteiger partial charge < -0.3 is 5.41 Å². The van der Waals surface area contributed by atoms with Crippen LogP contribution in [-0.2, 0) is 0 Å². The highest BCUT2D eigenvalue weighted by molar-refractivity contribution is 7.99. The molecule has 2 heteroatoms. The average Bonchev–Trinajstić information content (AvgIpc) is 2.82. The van der Waals surface area contributed by atoms with Crippen molar-refractivity contribution in [2.75, 3.05) is 0 Å². The van der Waals surface area contributed by atoms with Gasteiger partial charge in [0.1, 0.15) is 28.5 Å². The van der Waals surface area contributed by atoms with Gasteiger partial charge in [-0.3, -0.25) is 0 Å². The number of rotatable bonds is 6. The summed E-state index contributed by atoms with van der Waals surface area (Å²) in [7, 11) is -2.40. The Morgan fingerprint density at radius 3 is 1.23 bits per heavy atom. The zero-order chi connectivity index (χ0) is 21.7. The molecule has 0 aliphatic heterocycles. The molecule has 0 fully saturated rings. The fraction of sp³-hybridized carbons (Fsp3) is 0.0345. The lowest BCUT2D eigenvalue weighted by Crippen LogP contribution is -2.32. The summed E-state index contributed by atoms with van der Waals surface area (Å²) in [5, 5.41) is 13.0. The first-order valence-electron chi connectivity index (χ1n) is 10.3. The van der Waals surface area contributed by atoms with Crippen molar-refractivity contribution in [1.82, 2.24) is 0 Å². The molecule has 0 aliphatic rings. The van der Waals surface area contributed by atoms with Gasteiger partial charge in [-0.2, -0.15) is 0 Å². The predicted octanol–water partition coefficient (Wildman–Crippen LogP) is 6.14. The Morgan fingerprint density at radius 1 is 0.581 bits per heavy atom. The predicted molar refractivity (Wildman–Crippen MR) is 136 cm³/mol. The molecule has 0 aromatic heterocycles. The van der Waals surface area contributed by atoms with E-state index in [4.69, 9.17) is 12.3 Å². The van der Waals surface area contributed by atoms with Gasteiger partial charge in [0.15, 0.2) is 0 Å². The summed E-state index contributed by atoms with van der Waals surface area (Å²) in [6.45, 7) is 9.04. The first-order chi connectivity index (χ1) is 15.2. The molecular formula is C29H25NP+.